The van der Waals surface area contributed by atoms with Crippen molar-refractivity contribution in [2.75, 3.05) is 7.11 Å². The zero-order chi connectivity index (χ0) is 14.4. The van der Waals surface area contributed by atoms with Crippen LogP contribution < -0.4 is 11.1 Å². The minimum atomic E-state index is -0.775. The lowest BCUT2D eigenvalue weighted by atomic mass is 10.0. The molecule has 0 fully saturated rings. The number of aromatic amines is 1. The Morgan fingerprint density at radius 2 is 2.21 bits per heavy atom. The Hall–Kier alpha value is -1.89. The van der Waals surface area contributed by atoms with Gasteiger partial charge in [-0.1, -0.05) is 13.8 Å². The zero-order valence-electron chi connectivity index (χ0n) is 11.3. The van der Waals surface area contributed by atoms with Gasteiger partial charge in [-0.15, -0.1) is 0 Å². The second-order valence-corrected chi connectivity index (χ2v) is 4.64. The Balaban J connectivity index is 2.70. The predicted octanol–water partition coefficient (Wildman–Crippen LogP) is -0.407. The van der Waals surface area contributed by atoms with Crippen LogP contribution in [0.2, 0.25) is 0 Å². The molecular formula is C12H20N4O3. The van der Waals surface area contributed by atoms with Crippen molar-refractivity contribution in [1.29, 1.82) is 0 Å². The number of methoxy groups -OCH3 is 1. The fraction of sp³-hybridized carbons (Fsp3) is 0.583. The number of carbonyl (C=O) groups excluding carboxylic acids is 2. The van der Waals surface area contributed by atoms with E-state index in [2.05, 4.69) is 20.0 Å². The number of H-pyrrole nitrogens is 1. The SMILES string of the molecule is COC(=O)[C@H](Cc1cnc[nH]1)NC(=O)[C@@H](N)C(C)C. The zero-order valence-corrected chi connectivity index (χ0v) is 11.3. The first-order valence-corrected chi connectivity index (χ1v) is 6.06. The van der Waals surface area contributed by atoms with Crippen LogP contribution in [0.15, 0.2) is 12.5 Å². The fourth-order valence-corrected chi connectivity index (χ4v) is 1.52. The number of hydrogen-bond acceptors (Lipinski definition) is 5. The highest BCUT2D eigenvalue weighted by Crippen LogP contribution is 2.03. The first-order valence-electron chi connectivity index (χ1n) is 6.06. The van der Waals surface area contributed by atoms with E-state index in [1.807, 2.05) is 13.8 Å². The van der Waals surface area contributed by atoms with Gasteiger partial charge < -0.3 is 20.8 Å². The van der Waals surface area contributed by atoms with Gasteiger partial charge in [0.2, 0.25) is 5.91 Å². The number of nitrogens with two attached hydrogens (primary N) is 1. The third-order valence-electron chi connectivity index (χ3n) is 2.80. The van der Waals surface area contributed by atoms with Crippen LogP contribution in [0, 0.1) is 5.92 Å². The number of carbonyl (C=O) groups is 2. The standard InChI is InChI=1S/C12H20N4O3/c1-7(2)10(13)11(17)16-9(12(18)19-3)4-8-5-14-6-15-8/h5-7,9-10H,4,13H2,1-3H3,(H,14,15)(H,16,17)/t9-,10-/m0/s1. The van der Waals surface area contributed by atoms with Crippen molar-refractivity contribution in [3.05, 3.63) is 18.2 Å². The van der Waals surface area contributed by atoms with Gasteiger partial charge >= 0.3 is 5.97 Å². The number of imidazole rings is 1. The Morgan fingerprint density at radius 3 is 2.68 bits per heavy atom. The molecule has 0 aliphatic heterocycles. The summed E-state index contributed by atoms with van der Waals surface area (Å²) in [6.07, 6.45) is 3.37. The highest BCUT2D eigenvalue weighted by Gasteiger charge is 2.26. The topological polar surface area (TPSA) is 110 Å². The van der Waals surface area contributed by atoms with Gasteiger partial charge in [0.25, 0.3) is 0 Å². The maximum absolute atomic E-state index is 11.9. The summed E-state index contributed by atoms with van der Waals surface area (Å²) >= 11 is 0. The van der Waals surface area contributed by atoms with E-state index in [0.29, 0.717) is 0 Å². The van der Waals surface area contributed by atoms with Gasteiger partial charge in [-0.25, -0.2) is 9.78 Å². The van der Waals surface area contributed by atoms with E-state index < -0.39 is 18.1 Å². The molecule has 0 spiro atoms. The lowest BCUT2D eigenvalue weighted by Gasteiger charge is -2.20. The first kappa shape index (κ1) is 15.2. The molecule has 0 aliphatic rings. The summed E-state index contributed by atoms with van der Waals surface area (Å²) in [5.74, 6) is -0.894. The molecule has 0 saturated heterocycles. The molecule has 106 valence electrons. The minimum absolute atomic E-state index is 0.00884. The summed E-state index contributed by atoms with van der Waals surface area (Å²) in [5.41, 5.74) is 6.47. The molecule has 0 radical (unpaired) electrons. The smallest absolute Gasteiger partial charge is 0.328 e. The van der Waals surface area contributed by atoms with Crippen molar-refractivity contribution in [3.63, 3.8) is 0 Å². The average molecular weight is 268 g/mol. The summed E-state index contributed by atoms with van der Waals surface area (Å²) in [7, 11) is 1.27. The van der Waals surface area contributed by atoms with Crippen LogP contribution in [0.1, 0.15) is 19.5 Å². The van der Waals surface area contributed by atoms with Crippen LogP contribution >= 0.6 is 0 Å². The summed E-state index contributed by atoms with van der Waals surface area (Å²) in [6.45, 7) is 3.68. The highest BCUT2D eigenvalue weighted by atomic mass is 16.5. The molecule has 4 N–H and O–H groups in total. The number of nitrogens with zero attached hydrogens (tertiary/aromatic N) is 1. The number of ether oxygens (including phenoxy) is 1. The minimum Gasteiger partial charge on any atom is -0.467 e. The lowest BCUT2D eigenvalue weighted by Crippen LogP contribution is -2.51. The van der Waals surface area contributed by atoms with Crippen LogP contribution in [-0.4, -0.2) is 41.0 Å². The number of hydrogen-bond donors (Lipinski definition) is 3. The van der Waals surface area contributed by atoms with E-state index in [1.165, 1.54) is 13.4 Å². The molecule has 19 heavy (non-hydrogen) atoms. The van der Waals surface area contributed by atoms with Crippen molar-refractivity contribution in [2.24, 2.45) is 11.7 Å². The molecule has 7 heteroatoms. The maximum atomic E-state index is 11.9. The van der Waals surface area contributed by atoms with Gasteiger partial charge in [-0.05, 0) is 5.92 Å². The van der Waals surface area contributed by atoms with Crippen LogP contribution in [0.5, 0.6) is 0 Å². The molecule has 0 aromatic carbocycles. The summed E-state index contributed by atoms with van der Waals surface area (Å²) in [5, 5.41) is 2.60. The molecular weight excluding hydrogens is 248 g/mol. The average Bonchev–Trinajstić information content (AvgIpc) is 2.88. The van der Waals surface area contributed by atoms with Crippen molar-refractivity contribution in [1.82, 2.24) is 15.3 Å². The Labute approximate surface area is 111 Å². The number of nitrogens with one attached hydrogen (secondary N) is 2. The highest BCUT2D eigenvalue weighted by molar-refractivity contribution is 5.87. The summed E-state index contributed by atoms with van der Waals surface area (Å²) in [4.78, 5) is 30.3. The van der Waals surface area contributed by atoms with Crippen molar-refractivity contribution < 1.29 is 14.3 Å². The molecule has 1 heterocycles. The molecule has 0 aliphatic carbocycles. The second kappa shape index (κ2) is 6.89. The van der Waals surface area contributed by atoms with Crippen molar-refractivity contribution >= 4 is 11.9 Å². The largest absolute Gasteiger partial charge is 0.467 e. The van der Waals surface area contributed by atoms with Crippen LogP contribution in [-0.2, 0) is 20.7 Å². The van der Waals surface area contributed by atoms with Gasteiger partial charge in [0.15, 0.2) is 0 Å². The van der Waals surface area contributed by atoms with Gasteiger partial charge in [-0.2, -0.15) is 0 Å². The van der Waals surface area contributed by atoms with Crippen LogP contribution in [0.25, 0.3) is 0 Å². The van der Waals surface area contributed by atoms with Crippen molar-refractivity contribution in [2.45, 2.75) is 32.4 Å². The van der Waals surface area contributed by atoms with E-state index in [9.17, 15) is 9.59 Å². The quantitative estimate of drug-likeness (QED) is 0.608. The Kier molecular flexibility index (Phi) is 5.50. The normalized spacial score (nSPS) is 13.9. The molecule has 7 nitrogen and oxygen atoms in total. The maximum Gasteiger partial charge on any atom is 0.328 e. The van der Waals surface area contributed by atoms with E-state index in [-0.39, 0.29) is 18.2 Å². The van der Waals surface area contributed by atoms with Gasteiger partial charge in [0, 0.05) is 18.3 Å². The number of amides is 1. The molecule has 1 aromatic rings. The van der Waals surface area contributed by atoms with Crippen LogP contribution in [0.4, 0.5) is 0 Å². The third-order valence-corrected chi connectivity index (χ3v) is 2.80. The van der Waals surface area contributed by atoms with E-state index >= 15 is 0 Å². The Morgan fingerprint density at radius 1 is 1.53 bits per heavy atom. The molecule has 0 unspecified atom stereocenters. The van der Waals surface area contributed by atoms with Crippen LogP contribution in [0.3, 0.4) is 0 Å². The van der Waals surface area contributed by atoms with E-state index in [0.717, 1.165) is 5.69 Å². The van der Waals surface area contributed by atoms with Gasteiger partial charge in [-0.3, -0.25) is 4.79 Å². The molecule has 1 rings (SSSR count). The predicted molar refractivity (Wildman–Crippen MR) is 69.1 cm³/mol. The second-order valence-electron chi connectivity index (χ2n) is 4.64. The molecule has 0 saturated carbocycles. The van der Waals surface area contributed by atoms with E-state index in [4.69, 9.17) is 5.73 Å². The fourth-order valence-electron chi connectivity index (χ4n) is 1.52. The lowest BCUT2D eigenvalue weighted by molar-refractivity contribution is -0.145. The number of esters is 1. The van der Waals surface area contributed by atoms with Gasteiger partial charge in [0.1, 0.15) is 6.04 Å². The molecule has 0 bridgehead atoms. The van der Waals surface area contributed by atoms with Crippen molar-refractivity contribution in [3.8, 4) is 0 Å². The first-order chi connectivity index (χ1) is 8.95. The number of aromatic nitrogens is 2. The summed E-state index contributed by atoms with van der Waals surface area (Å²) in [6, 6.07) is -1.43. The summed E-state index contributed by atoms with van der Waals surface area (Å²) < 4.78 is 4.67. The van der Waals surface area contributed by atoms with Gasteiger partial charge in [0.05, 0.1) is 19.5 Å². The molecule has 1 amide bonds. The molecule has 1 aromatic heterocycles. The monoisotopic (exact) mass is 268 g/mol. The van der Waals surface area contributed by atoms with E-state index in [1.54, 1.807) is 6.20 Å². The Bertz CT molecular complexity index is 417. The molecule has 2 atom stereocenters. The third kappa shape index (κ3) is 4.36. The number of rotatable bonds is 6.